The number of carbonyl (C=O) groups is 1. The number of benzene rings is 3. The number of carboxylic acids is 1. The molecule has 0 aliphatic carbocycles. The molecule has 0 radical (unpaired) electrons. The highest BCUT2D eigenvalue weighted by atomic mass is 19.4. The molecule has 9 heteroatoms. The fourth-order valence-electron chi connectivity index (χ4n) is 4.28. The summed E-state index contributed by atoms with van der Waals surface area (Å²) < 4.78 is 47.3. The monoisotopic (exact) mass is 523 g/mol. The number of carboxylic acid groups (broad SMARTS) is 1. The molecule has 198 valence electrons. The van der Waals surface area contributed by atoms with Crippen molar-refractivity contribution in [2.75, 3.05) is 6.54 Å². The second kappa shape index (κ2) is 11.2. The lowest BCUT2D eigenvalue weighted by Crippen LogP contribution is -2.41. The van der Waals surface area contributed by atoms with Gasteiger partial charge in [0.1, 0.15) is 6.04 Å². The van der Waals surface area contributed by atoms with Crippen LogP contribution in [-0.4, -0.2) is 33.8 Å². The van der Waals surface area contributed by atoms with Gasteiger partial charge in [-0.1, -0.05) is 73.6 Å². The molecule has 1 heterocycles. The summed E-state index contributed by atoms with van der Waals surface area (Å²) in [6, 6.07) is 17.7. The topological polar surface area (TPSA) is 88.2 Å². The molecule has 0 unspecified atom stereocenters. The molecule has 0 amide bonds. The first kappa shape index (κ1) is 27.1. The summed E-state index contributed by atoms with van der Waals surface area (Å²) in [5.74, 6) is -0.668. The summed E-state index contributed by atoms with van der Waals surface area (Å²) in [5, 5.41) is 16.3. The average Bonchev–Trinajstić information content (AvgIpc) is 3.36. The highest BCUT2D eigenvalue weighted by Gasteiger charge is 2.34. The van der Waals surface area contributed by atoms with Gasteiger partial charge in [-0.25, -0.2) is 0 Å². The molecule has 0 aliphatic heterocycles. The molecule has 0 spiro atoms. The van der Waals surface area contributed by atoms with Gasteiger partial charge in [0.25, 0.3) is 5.89 Å². The van der Waals surface area contributed by atoms with Crippen molar-refractivity contribution in [1.29, 1.82) is 0 Å². The molecule has 1 aromatic heterocycles. The lowest BCUT2D eigenvalue weighted by molar-refractivity contribution is -0.140. The number of rotatable bonds is 9. The summed E-state index contributed by atoms with van der Waals surface area (Å²) in [5.41, 5.74) is 2.38. The lowest BCUT2D eigenvalue weighted by Gasteiger charge is -2.17. The number of hydrogen-bond donors (Lipinski definition) is 2. The van der Waals surface area contributed by atoms with Crippen molar-refractivity contribution in [2.24, 2.45) is 5.92 Å². The van der Waals surface area contributed by atoms with Gasteiger partial charge in [0, 0.05) is 11.1 Å². The van der Waals surface area contributed by atoms with Crippen LogP contribution in [-0.2, 0) is 17.4 Å². The Labute approximate surface area is 218 Å². The molecule has 0 aliphatic rings. The Hall–Kier alpha value is -3.98. The van der Waals surface area contributed by atoms with Crippen LogP contribution in [0.15, 0.2) is 71.3 Å². The van der Waals surface area contributed by atoms with Crippen molar-refractivity contribution in [1.82, 2.24) is 15.5 Å². The number of nitrogens with zero attached hydrogens (tertiary/aromatic N) is 2. The first-order valence-corrected chi connectivity index (χ1v) is 12.2. The van der Waals surface area contributed by atoms with Crippen LogP contribution in [0.3, 0.4) is 0 Å². The summed E-state index contributed by atoms with van der Waals surface area (Å²) in [7, 11) is 0. The maximum Gasteiger partial charge on any atom is 0.417 e. The van der Waals surface area contributed by atoms with Gasteiger partial charge < -0.3 is 14.9 Å². The molecular formula is C29H28F3N3O3. The maximum atomic E-state index is 14.0. The van der Waals surface area contributed by atoms with E-state index in [1.807, 2.05) is 26.0 Å². The Bertz CT molecular complexity index is 1410. The van der Waals surface area contributed by atoms with Crippen molar-refractivity contribution in [2.45, 2.75) is 39.4 Å². The number of alkyl halides is 3. The van der Waals surface area contributed by atoms with E-state index in [0.717, 1.165) is 17.2 Å². The molecule has 4 rings (SSSR count). The van der Waals surface area contributed by atoms with Gasteiger partial charge in [-0.05, 0) is 60.2 Å². The van der Waals surface area contributed by atoms with E-state index in [1.165, 1.54) is 6.07 Å². The minimum atomic E-state index is -4.57. The summed E-state index contributed by atoms with van der Waals surface area (Å²) >= 11 is 0. The van der Waals surface area contributed by atoms with Crippen LogP contribution in [0.1, 0.15) is 30.5 Å². The maximum absolute atomic E-state index is 14.0. The predicted octanol–water partition coefficient (Wildman–Crippen LogP) is 6.64. The molecule has 1 atom stereocenters. The number of aliphatic carboxylic acids is 1. The zero-order valence-corrected chi connectivity index (χ0v) is 21.2. The van der Waals surface area contributed by atoms with Gasteiger partial charge in [0.15, 0.2) is 0 Å². The number of hydrogen-bond acceptors (Lipinski definition) is 5. The van der Waals surface area contributed by atoms with Gasteiger partial charge >= 0.3 is 12.1 Å². The van der Waals surface area contributed by atoms with Crippen LogP contribution < -0.4 is 5.32 Å². The van der Waals surface area contributed by atoms with E-state index in [2.05, 4.69) is 15.5 Å². The summed E-state index contributed by atoms with van der Waals surface area (Å²) in [6.45, 7) is 5.97. The number of halogens is 3. The predicted molar refractivity (Wildman–Crippen MR) is 138 cm³/mol. The zero-order chi connectivity index (χ0) is 27.4. The van der Waals surface area contributed by atoms with Crippen LogP contribution >= 0.6 is 0 Å². The van der Waals surface area contributed by atoms with E-state index in [0.29, 0.717) is 24.1 Å². The van der Waals surface area contributed by atoms with Gasteiger partial charge in [-0.2, -0.15) is 18.2 Å². The van der Waals surface area contributed by atoms with Gasteiger partial charge in [-0.3, -0.25) is 4.79 Å². The second-order valence-corrected chi connectivity index (χ2v) is 9.46. The fourth-order valence-corrected chi connectivity index (χ4v) is 4.28. The Morgan fingerprint density at radius 1 is 1.00 bits per heavy atom. The van der Waals surface area contributed by atoms with E-state index < -0.39 is 23.8 Å². The summed E-state index contributed by atoms with van der Waals surface area (Å²) in [6.07, 6.45) is -3.94. The highest BCUT2D eigenvalue weighted by Crippen LogP contribution is 2.40. The molecule has 38 heavy (non-hydrogen) atoms. The molecule has 6 nitrogen and oxygen atoms in total. The molecule has 4 aromatic rings. The number of aromatic nitrogens is 2. The quantitative estimate of drug-likeness (QED) is 0.256. The van der Waals surface area contributed by atoms with Gasteiger partial charge in [-0.15, -0.1) is 0 Å². The van der Waals surface area contributed by atoms with E-state index in [-0.39, 0.29) is 28.8 Å². The average molecular weight is 524 g/mol. The van der Waals surface area contributed by atoms with Crippen molar-refractivity contribution in [3.8, 4) is 34.0 Å². The molecular weight excluding hydrogens is 495 g/mol. The molecule has 2 N–H and O–H groups in total. The summed E-state index contributed by atoms with van der Waals surface area (Å²) in [4.78, 5) is 15.6. The number of nitrogens with one attached hydrogen (secondary N) is 1. The van der Waals surface area contributed by atoms with Crippen LogP contribution in [0.5, 0.6) is 0 Å². The van der Waals surface area contributed by atoms with Crippen LogP contribution in [0.4, 0.5) is 13.2 Å². The van der Waals surface area contributed by atoms with Crippen LogP contribution in [0.25, 0.3) is 34.0 Å². The standard InChI is InChI=1S/C29H28F3N3O3/c1-17(2)25(28(36)37)33-15-14-19-8-10-20(11-9-19)26-34-27(38-35-26)21-12-13-23(24(16-21)29(30,31)32)22-7-5-4-6-18(22)3/h4-13,16-17,25,33H,14-15H2,1-3H3,(H,36,37)/t25-/m0/s1. The Kier molecular flexibility index (Phi) is 7.97. The minimum absolute atomic E-state index is 0.0106. The Morgan fingerprint density at radius 2 is 1.68 bits per heavy atom. The Balaban J connectivity index is 1.52. The van der Waals surface area contributed by atoms with E-state index in [4.69, 9.17) is 4.52 Å². The first-order chi connectivity index (χ1) is 18.0. The first-order valence-electron chi connectivity index (χ1n) is 12.2. The largest absolute Gasteiger partial charge is 0.480 e. The lowest BCUT2D eigenvalue weighted by atomic mass is 9.94. The zero-order valence-electron chi connectivity index (χ0n) is 21.2. The Morgan fingerprint density at radius 3 is 2.32 bits per heavy atom. The second-order valence-electron chi connectivity index (χ2n) is 9.46. The van der Waals surface area contributed by atoms with Crippen LogP contribution in [0.2, 0.25) is 0 Å². The third-order valence-electron chi connectivity index (χ3n) is 6.36. The van der Waals surface area contributed by atoms with Gasteiger partial charge in [0.2, 0.25) is 5.82 Å². The molecule has 0 fully saturated rings. The normalized spacial score (nSPS) is 12.6. The SMILES string of the molecule is Cc1ccccc1-c1ccc(-c2nc(-c3ccc(CCN[C@H](C(=O)O)C(C)C)cc3)no2)cc1C(F)(F)F. The smallest absolute Gasteiger partial charge is 0.417 e. The number of aryl methyl sites for hydroxylation is 1. The molecule has 0 saturated heterocycles. The van der Waals surface area contributed by atoms with Crippen LogP contribution in [0, 0.1) is 12.8 Å². The minimum Gasteiger partial charge on any atom is -0.480 e. The van der Waals surface area contributed by atoms with Crippen molar-refractivity contribution in [3.63, 3.8) is 0 Å². The highest BCUT2D eigenvalue weighted by molar-refractivity contribution is 5.75. The molecule has 3 aromatic carbocycles. The van der Waals surface area contributed by atoms with Crippen molar-refractivity contribution < 1.29 is 27.6 Å². The fraction of sp³-hybridized carbons (Fsp3) is 0.276. The van der Waals surface area contributed by atoms with E-state index in [9.17, 15) is 23.1 Å². The third-order valence-corrected chi connectivity index (χ3v) is 6.36. The third kappa shape index (κ3) is 6.11. The molecule has 0 saturated carbocycles. The van der Waals surface area contributed by atoms with E-state index >= 15 is 0 Å². The van der Waals surface area contributed by atoms with Crippen molar-refractivity contribution >= 4 is 5.97 Å². The van der Waals surface area contributed by atoms with E-state index in [1.54, 1.807) is 49.4 Å². The molecule has 0 bridgehead atoms. The van der Waals surface area contributed by atoms with Crippen molar-refractivity contribution in [3.05, 3.63) is 83.4 Å². The van der Waals surface area contributed by atoms with Gasteiger partial charge in [0.05, 0.1) is 5.56 Å².